The highest BCUT2D eigenvalue weighted by Crippen LogP contribution is 2.27. The standard InChI is InChI=1S/C22H26ClFN2O3S/c1-14-3-12-20(13-21(14)23)30(28,29)26-19-10-6-17(7-11-19)22(27)25-15(2)16-4-8-18(24)9-5-16/h3-5,8-9,12-13,15,17,19,26H,6-7,10-11H2,1-2H3,(H,25,27). The first-order valence-corrected chi connectivity index (χ1v) is 11.9. The Bertz CT molecular complexity index is 1000. The van der Waals surface area contributed by atoms with E-state index in [1.54, 1.807) is 24.3 Å². The third kappa shape index (κ3) is 5.59. The van der Waals surface area contributed by atoms with Crippen LogP contribution >= 0.6 is 11.6 Å². The Balaban J connectivity index is 1.53. The molecule has 1 amide bonds. The maximum absolute atomic E-state index is 13.1. The fourth-order valence-electron chi connectivity index (χ4n) is 3.67. The summed E-state index contributed by atoms with van der Waals surface area (Å²) in [7, 11) is -3.66. The molecule has 0 aliphatic heterocycles. The molecule has 0 saturated heterocycles. The number of hydrogen-bond acceptors (Lipinski definition) is 3. The molecule has 30 heavy (non-hydrogen) atoms. The molecule has 0 radical (unpaired) electrons. The largest absolute Gasteiger partial charge is 0.349 e. The molecule has 1 aliphatic carbocycles. The van der Waals surface area contributed by atoms with Crippen LogP contribution in [0.5, 0.6) is 0 Å². The van der Waals surface area contributed by atoms with Crippen LogP contribution in [0, 0.1) is 18.7 Å². The fourth-order valence-corrected chi connectivity index (χ4v) is 5.24. The fraction of sp³-hybridized carbons (Fsp3) is 0.409. The zero-order valence-electron chi connectivity index (χ0n) is 17.0. The Hall–Kier alpha value is -1.96. The van der Waals surface area contributed by atoms with Crippen LogP contribution in [0.15, 0.2) is 47.4 Å². The molecule has 1 atom stereocenters. The van der Waals surface area contributed by atoms with Gasteiger partial charge in [0.1, 0.15) is 5.82 Å². The summed E-state index contributed by atoms with van der Waals surface area (Å²) in [5.74, 6) is -0.535. The minimum atomic E-state index is -3.66. The summed E-state index contributed by atoms with van der Waals surface area (Å²) in [6.45, 7) is 3.67. The van der Waals surface area contributed by atoms with E-state index < -0.39 is 10.0 Å². The molecule has 1 fully saturated rings. The van der Waals surface area contributed by atoms with Crippen molar-refractivity contribution in [3.8, 4) is 0 Å². The summed E-state index contributed by atoms with van der Waals surface area (Å²) in [5.41, 5.74) is 1.65. The number of benzene rings is 2. The van der Waals surface area contributed by atoms with Crippen molar-refractivity contribution in [2.24, 2.45) is 5.92 Å². The zero-order valence-corrected chi connectivity index (χ0v) is 18.6. The van der Waals surface area contributed by atoms with Crippen LogP contribution < -0.4 is 10.0 Å². The second kappa shape index (κ2) is 9.45. The lowest BCUT2D eigenvalue weighted by Gasteiger charge is -2.29. The van der Waals surface area contributed by atoms with Crippen LogP contribution in [-0.4, -0.2) is 20.4 Å². The van der Waals surface area contributed by atoms with Gasteiger partial charge in [-0.05, 0) is 74.9 Å². The minimum Gasteiger partial charge on any atom is -0.349 e. The van der Waals surface area contributed by atoms with E-state index in [1.807, 2.05) is 13.8 Å². The number of carbonyl (C=O) groups is 1. The molecule has 5 nitrogen and oxygen atoms in total. The Morgan fingerprint density at radius 1 is 1.10 bits per heavy atom. The Morgan fingerprint density at radius 2 is 1.73 bits per heavy atom. The first-order valence-electron chi connectivity index (χ1n) is 10.00. The molecule has 2 aromatic carbocycles. The van der Waals surface area contributed by atoms with Gasteiger partial charge in [-0.3, -0.25) is 4.79 Å². The van der Waals surface area contributed by atoms with E-state index in [0.717, 1.165) is 11.1 Å². The number of amides is 1. The summed E-state index contributed by atoms with van der Waals surface area (Å²) < 4.78 is 41.1. The van der Waals surface area contributed by atoms with Gasteiger partial charge in [-0.1, -0.05) is 29.8 Å². The zero-order chi connectivity index (χ0) is 21.9. The molecule has 0 heterocycles. The number of halogens is 2. The van der Waals surface area contributed by atoms with Gasteiger partial charge in [0.25, 0.3) is 0 Å². The highest BCUT2D eigenvalue weighted by molar-refractivity contribution is 7.89. The average Bonchev–Trinajstić information content (AvgIpc) is 2.70. The maximum Gasteiger partial charge on any atom is 0.240 e. The van der Waals surface area contributed by atoms with Crippen molar-refractivity contribution in [2.45, 2.75) is 56.5 Å². The van der Waals surface area contributed by atoms with E-state index in [1.165, 1.54) is 18.2 Å². The lowest BCUT2D eigenvalue weighted by molar-refractivity contribution is -0.126. The van der Waals surface area contributed by atoms with Crippen molar-refractivity contribution < 1.29 is 17.6 Å². The second-order valence-corrected chi connectivity index (χ2v) is 9.98. The van der Waals surface area contributed by atoms with Crippen molar-refractivity contribution >= 4 is 27.5 Å². The van der Waals surface area contributed by atoms with Crippen molar-refractivity contribution in [3.05, 3.63) is 64.4 Å². The summed E-state index contributed by atoms with van der Waals surface area (Å²) in [5, 5.41) is 3.38. The van der Waals surface area contributed by atoms with E-state index >= 15 is 0 Å². The SMILES string of the molecule is Cc1ccc(S(=O)(=O)NC2CCC(C(=O)NC(C)c3ccc(F)cc3)CC2)cc1Cl. The molecule has 0 spiro atoms. The third-order valence-corrected chi connectivity index (χ3v) is 7.53. The normalized spacial score (nSPS) is 20.5. The van der Waals surface area contributed by atoms with Gasteiger partial charge in [0, 0.05) is 17.0 Å². The highest BCUT2D eigenvalue weighted by atomic mass is 35.5. The van der Waals surface area contributed by atoms with Gasteiger partial charge in [0.05, 0.1) is 10.9 Å². The van der Waals surface area contributed by atoms with Crippen molar-refractivity contribution in [1.82, 2.24) is 10.0 Å². The molecule has 8 heteroatoms. The van der Waals surface area contributed by atoms with Gasteiger partial charge in [0.2, 0.25) is 15.9 Å². The summed E-state index contributed by atoms with van der Waals surface area (Å²) in [4.78, 5) is 12.7. The Labute approximate surface area is 182 Å². The van der Waals surface area contributed by atoms with Gasteiger partial charge in [-0.2, -0.15) is 0 Å². The highest BCUT2D eigenvalue weighted by Gasteiger charge is 2.29. The molecule has 2 aromatic rings. The Kier molecular flexibility index (Phi) is 7.16. The maximum atomic E-state index is 13.1. The summed E-state index contributed by atoms with van der Waals surface area (Å²) in [6.07, 6.45) is 2.37. The number of carbonyl (C=O) groups excluding carboxylic acids is 1. The molecule has 0 aromatic heterocycles. The summed E-state index contributed by atoms with van der Waals surface area (Å²) in [6, 6.07) is 10.3. The van der Waals surface area contributed by atoms with E-state index in [2.05, 4.69) is 10.0 Å². The number of rotatable bonds is 6. The molecular formula is C22H26ClFN2O3S. The molecular weight excluding hydrogens is 427 g/mol. The summed E-state index contributed by atoms with van der Waals surface area (Å²) >= 11 is 6.05. The van der Waals surface area contributed by atoms with Crippen LogP contribution in [0.1, 0.15) is 49.8 Å². The average molecular weight is 453 g/mol. The lowest BCUT2D eigenvalue weighted by Crippen LogP contribution is -2.41. The van der Waals surface area contributed by atoms with Gasteiger partial charge >= 0.3 is 0 Å². The monoisotopic (exact) mass is 452 g/mol. The van der Waals surface area contributed by atoms with Crippen LogP contribution in [0.2, 0.25) is 5.02 Å². The van der Waals surface area contributed by atoms with Crippen molar-refractivity contribution in [2.75, 3.05) is 0 Å². The first-order chi connectivity index (χ1) is 14.2. The van der Waals surface area contributed by atoms with E-state index in [9.17, 15) is 17.6 Å². The van der Waals surface area contributed by atoms with E-state index in [4.69, 9.17) is 11.6 Å². The quantitative estimate of drug-likeness (QED) is 0.677. The first kappa shape index (κ1) is 22.7. The molecule has 162 valence electrons. The minimum absolute atomic E-state index is 0.0570. The second-order valence-electron chi connectivity index (χ2n) is 7.86. The molecule has 1 aliphatic rings. The van der Waals surface area contributed by atoms with Crippen LogP contribution in [-0.2, 0) is 14.8 Å². The van der Waals surface area contributed by atoms with Crippen molar-refractivity contribution in [3.63, 3.8) is 0 Å². The van der Waals surface area contributed by atoms with Gasteiger partial charge < -0.3 is 5.32 Å². The topological polar surface area (TPSA) is 75.3 Å². The van der Waals surface area contributed by atoms with Gasteiger partial charge in [0.15, 0.2) is 0 Å². The molecule has 0 bridgehead atoms. The number of sulfonamides is 1. The van der Waals surface area contributed by atoms with Gasteiger partial charge in [-0.25, -0.2) is 17.5 Å². The number of aryl methyl sites for hydroxylation is 1. The van der Waals surface area contributed by atoms with Crippen LogP contribution in [0.4, 0.5) is 4.39 Å². The predicted octanol–water partition coefficient (Wildman–Crippen LogP) is 4.50. The predicted molar refractivity (Wildman–Crippen MR) is 115 cm³/mol. The number of hydrogen-bond donors (Lipinski definition) is 2. The molecule has 1 unspecified atom stereocenters. The number of nitrogens with one attached hydrogen (secondary N) is 2. The van der Waals surface area contributed by atoms with E-state index in [-0.39, 0.29) is 34.6 Å². The van der Waals surface area contributed by atoms with Crippen LogP contribution in [0.25, 0.3) is 0 Å². The lowest BCUT2D eigenvalue weighted by atomic mass is 9.85. The van der Waals surface area contributed by atoms with Crippen LogP contribution in [0.3, 0.4) is 0 Å². The molecule has 3 rings (SSSR count). The third-order valence-electron chi connectivity index (χ3n) is 5.60. The van der Waals surface area contributed by atoms with Gasteiger partial charge in [-0.15, -0.1) is 0 Å². The molecule has 2 N–H and O–H groups in total. The van der Waals surface area contributed by atoms with E-state index in [0.29, 0.717) is 30.7 Å². The Morgan fingerprint density at radius 3 is 2.33 bits per heavy atom. The van der Waals surface area contributed by atoms with Crippen molar-refractivity contribution in [1.29, 1.82) is 0 Å². The smallest absolute Gasteiger partial charge is 0.240 e. The molecule has 1 saturated carbocycles.